The molecule has 1 aromatic carbocycles. The van der Waals surface area contributed by atoms with Crippen molar-refractivity contribution >= 4 is 11.8 Å². The second kappa shape index (κ2) is 8.83. The number of hydrogen-bond donors (Lipinski definition) is 1. The Morgan fingerprint density at radius 2 is 2.04 bits per heavy atom. The molecule has 1 fully saturated rings. The molecule has 0 unspecified atom stereocenters. The van der Waals surface area contributed by atoms with E-state index in [0.717, 1.165) is 5.56 Å². The predicted octanol–water partition coefficient (Wildman–Crippen LogP) is 2.38. The maximum atomic E-state index is 12.6. The van der Waals surface area contributed by atoms with E-state index < -0.39 is 0 Å². The molecule has 0 spiro atoms. The number of hydrogen-bond acceptors (Lipinski definition) is 3. The Hall–Kier alpha value is -1.88. The normalized spacial score (nSPS) is 21.2. The van der Waals surface area contributed by atoms with Gasteiger partial charge in [-0.2, -0.15) is 0 Å². The van der Waals surface area contributed by atoms with Gasteiger partial charge in [0.2, 0.25) is 11.8 Å². The molecule has 0 aromatic heterocycles. The summed E-state index contributed by atoms with van der Waals surface area (Å²) in [6.07, 6.45) is 1.00. The highest BCUT2D eigenvalue weighted by Gasteiger charge is 2.38. The summed E-state index contributed by atoms with van der Waals surface area (Å²) in [6, 6.07) is 9.57. The third kappa shape index (κ3) is 4.81. The largest absolute Gasteiger partial charge is 0.379 e. The van der Waals surface area contributed by atoms with Gasteiger partial charge in [0.05, 0.1) is 18.6 Å². The molecule has 1 saturated heterocycles. The molecule has 0 aliphatic carbocycles. The van der Waals surface area contributed by atoms with Crippen molar-refractivity contribution in [1.82, 2.24) is 10.2 Å². The Bertz CT molecular complexity index is 545. The van der Waals surface area contributed by atoms with E-state index in [1.807, 2.05) is 30.3 Å². The summed E-state index contributed by atoms with van der Waals surface area (Å²) >= 11 is 0. The van der Waals surface area contributed by atoms with E-state index >= 15 is 0 Å². The summed E-state index contributed by atoms with van der Waals surface area (Å²) in [7, 11) is 1.78. The van der Waals surface area contributed by atoms with Crippen LogP contribution in [0.5, 0.6) is 0 Å². The van der Waals surface area contributed by atoms with E-state index in [1.165, 1.54) is 0 Å². The van der Waals surface area contributed by atoms with Gasteiger partial charge in [0, 0.05) is 26.6 Å². The summed E-state index contributed by atoms with van der Waals surface area (Å²) in [6.45, 7) is 5.90. The van der Waals surface area contributed by atoms with Gasteiger partial charge in [-0.3, -0.25) is 9.59 Å². The van der Waals surface area contributed by atoms with Crippen LogP contribution in [0.1, 0.15) is 38.3 Å². The van der Waals surface area contributed by atoms with E-state index in [0.29, 0.717) is 38.5 Å². The molecule has 2 atom stereocenters. The van der Waals surface area contributed by atoms with Crippen molar-refractivity contribution < 1.29 is 14.3 Å². The molecular formula is C19H28N2O3. The van der Waals surface area contributed by atoms with Crippen LogP contribution in [0.2, 0.25) is 0 Å². The highest BCUT2D eigenvalue weighted by atomic mass is 16.5. The molecule has 1 aliphatic heterocycles. The van der Waals surface area contributed by atoms with Crippen LogP contribution < -0.4 is 5.32 Å². The molecule has 2 amide bonds. The molecule has 1 aromatic rings. The standard InChI is InChI=1S/C19H28N2O3/c1-14(2)13-24-12-11-20-19(23)16-9-10-17(22)21(3)18(16)15-7-5-4-6-8-15/h4-8,14,16,18H,9-13H2,1-3H3,(H,20,23)/t16-,18+/m0/s1. The van der Waals surface area contributed by atoms with Crippen LogP contribution in [-0.2, 0) is 14.3 Å². The molecule has 0 bridgehead atoms. The predicted molar refractivity (Wildman–Crippen MR) is 93.3 cm³/mol. The second-order valence-electron chi connectivity index (χ2n) is 6.77. The molecule has 2 rings (SSSR count). The lowest BCUT2D eigenvalue weighted by Crippen LogP contribution is -2.46. The molecule has 0 radical (unpaired) electrons. The summed E-state index contributed by atoms with van der Waals surface area (Å²) in [4.78, 5) is 26.4. The zero-order valence-electron chi connectivity index (χ0n) is 14.8. The highest BCUT2D eigenvalue weighted by molar-refractivity contribution is 5.84. The molecule has 0 saturated carbocycles. The number of carbonyl (C=O) groups excluding carboxylic acids is 2. The van der Waals surface area contributed by atoms with Crippen molar-refractivity contribution in [2.75, 3.05) is 26.8 Å². The lowest BCUT2D eigenvalue weighted by Gasteiger charge is -2.38. The summed E-state index contributed by atoms with van der Waals surface area (Å²) in [5.41, 5.74) is 1.00. The van der Waals surface area contributed by atoms with Gasteiger partial charge in [0.1, 0.15) is 0 Å². The summed E-state index contributed by atoms with van der Waals surface area (Å²) < 4.78 is 5.50. The quantitative estimate of drug-likeness (QED) is 0.780. The highest BCUT2D eigenvalue weighted by Crippen LogP contribution is 2.35. The van der Waals surface area contributed by atoms with Gasteiger partial charge in [-0.05, 0) is 17.9 Å². The van der Waals surface area contributed by atoms with Crippen LogP contribution in [0.3, 0.4) is 0 Å². The fourth-order valence-corrected chi connectivity index (χ4v) is 3.12. The van der Waals surface area contributed by atoms with E-state index in [4.69, 9.17) is 4.74 Å². The Kier molecular flexibility index (Phi) is 6.79. The van der Waals surface area contributed by atoms with Gasteiger partial charge >= 0.3 is 0 Å². The Morgan fingerprint density at radius 3 is 2.71 bits per heavy atom. The van der Waals surface area contributed by atoms with Gasteiger partial charge in [-0.15, -0.1) is 0 Å². The second-order valence-corrected chi connectivity index (χ2v) is 6.77. The van der Waals surface area contributed by atoms with E-state index in [-0.39, 0.29) is 23.8 Å². The SMILES string of the molecule is CC(C)COCCNC(=O)[C@H]1CCC(=O)N(C)[C@@H]1c1ccccc1. The number of likely N-dealkylation sites (tertiary alicyclic amines) is 1. The minimum atomic E-state index is -0.222. The molecule has 1 heterocycles. The molecule has 1 aliphatic rings. The third-order valence-electron chi connectivity index (χ3n) is 4.34. The number of piperidine rings is 1. The summed E-state index contributed by atoms with van der Waals surface area (Å²) in [5.74, 6) is 0.353. The monoisotopic (exact) mass is 332 g/mol. The van der Waals surface area contributed by atoms with Gasteiger partial charge in [-0.25, -0.2) is 0 Å². The number of nitrogens with one attached hydrogen (secondary N) is 1. The van der Waals surface area contributed by atoms with Gasteiger partial charge in [0.25, 0.3) is 0 Å². The first-order valence-corrected chi connectivity index (χ1v) is 8.66. The van der Waals surface area contributed by atoms with Crippen LogP contribution in [0.25, 0.3) is 0 Å². The fraction of sp³-hybridized carbons (Fsp3) is 0.579. The van der Waals surface area contributed by atoms with Crippen molar-refractivity contribution in [3.05, 3.63) is 35.9 Å². The summed E-state index contributed by atoms with van der Waals surface area (Å²) in [5, 5.41) is 2.96. The Morgan fingerprint density at radius 1 is 1.33 bits per heavy atom. The molecule has 5 nitrogen and oxygen atoms in total. The molecule has 5 heteroatoms. The van der Waals surface area contributed by atoms with Gasteiger partial charge in [-0.1, -0.05) is 44.2 Å². The Balaban J connectivity index is 1.98. The van der Waals surface area contributed by atoms with Crippen LogP contribution in [0.15, 0.2) is 30.3 Å². The number of carbonyl (C=O) groups is 2. The Labute approximate surface area is 144 Å². The average molecular weight is 332 g/mol. The van der Waals surface area contributed by atoms with Gasteiger partial charge < -0.3 is 15.0 Å². The third-order valence-corrected chi connectivity index (χ3v) is 4.34. The maximum Gasteiger partial charge on any atom is 0.225 e. The average Bonchev–Trinajstić information content (AvgIpc) is 2.57. The zero-order chi connectivity index (χ0) is 17.5. The van der Waals surface area contributed by atoms with E-state index in [2.05, 4.69) is 19.2 Å². The number of amides is 2. The van der Waals surface area contributed by atoms with Crippen molar-refractivity contribution in [1.29, 1.82) is 0 Å². The number of ether oxygens (including phenoxy) is 1. The molecule has 1 N–H and O–H groups in total. The van der Waals surface area contributed by atoms with Crippen molar-refractivity contribution in [2.24, 2.45) is 11.8 Å². The molecule has 132 valence electrons. The lowest BCUT2D eigenvalue weighted by atomic mass is 9.84. The fourth-order valence-electron chi connectivity index (χ4n) is 3.12. The van der Waals surface area contributed by atoms with E-state index in [9.17, 15) is 9.59 Å². The first-order valence-electron chi connectivity index (χ1n) is 8.66. The maximum absolute atomic E-state index is 12.6. The van der Waals surface area contributed by atoms with Gasteiger partial charge in [0.15, 0.2) is 0 Å². The number of nitrogens with zero attached hydrogens (tertiary/aromatic N) is 1. The first kappa shape index (κ1) is 18.5. The number of rotatable bonds is 7. The lowest BCUT2D eigenvalue weighted by molar-refractivity contribution is -0.141. The van der Waals surface area contributed by atoms with E-state index in [1.54, 1.807) is 11.9 Å². The molecular weight excluding hydrogens is 304 g/mol. The zero-order valence-corrected chi connectivity index (χ0v) is 14.8. The minimum Gasteiger partial charge on any atom is -0.379 e. The minimum absolute atomic E-state index is 0.00338. The molecule has 24 heavy (non-hydrogen) atoms. The van der Waals surface area contributed by atoms with Crippen molar-refractivity contribution in [3.63, 3.8) is 0 Å². The van der Waals surface area contributed by atoms with Crippen LogP contribution in [0, 0.1) is 11.8 Å². The first-order chi connectivity index (χ1) is 11.5. The van der Waals surface area contributed by atoms with Crippen molar-refractivity contribution in [2.45, 2.75) is 32.7 Å². The van der Waals surface area contributed by atoms with Crippen LogP contribution in [-0.4, -0.2) is 43.5 Å². The van der Waals surface area contributed by atoms with Crippen molar-refractivity contribution in [3.8, 4) is 0 Å². The number of benzene rings is 1. The van der Waals surface area contributed by atoms with Crippen LogP contribution >= 0.6 is 0 Å². The topological polar surface area (TPSA) is 58.6 Å². The smallest absolute Gasteiger partial charge is 0.225 e. The van der Waals surface area contributed by atoms with Crippen LogP contribution in [0.4, 0.5) is 0 Å².